The zero-order valence-corrected chi connectivity index (χ0v) is 11.3. The van der Waals surface area contributed by atoms with Crippen LogP contribution in [0.25, 0.3) is 0 Å². The van der Waals surface area contributed by atoms with Crippen LogP contribution in [0.15, 0.2) is 41.7 Å². The molecule has 1 aromatic heterocycles. The molecule has 2 aromatic rings. The molecule has 20 heavy (non-hydrogen) atoms. The van der Waals surface area contributed by atoms with Crippen LogP contribution in [0.3, 0.4) is 0 Å². The second-order valence-electron chi connectivity index (χ2n) is 5.17. The normalized spacial score (nSPS) is 18.0. The third kappa shape index (κ3) is 1.91. The van der Waals surface area contributed by atoms with Gasteiger partial charge in [-0.15, -0.1) is 0 Å². The average molecular weight is 267 g/mol. The summed E-state index contributed by atoms with van der Waals surface area (Å²) in [6.45, 7) is 3.98. The van der Waals surface area contributed by atoms with Crippen LogP contribution in [0.4, 0.5) is 5.69 Å². The summed E-state index contributed by atoms with van der Waals surface area (Å²) in [7, 11) is 0. The molecule has 0 radical (unpaired) electrons. The predicted octanol–water partition coefficient (Wildman–Crippen LogP) is 1.23. The molecule has 0 aliphatic carbocycles. The number of rotatable bonds is 0. The van der Waals surface area contributed by atoms with Gasteiger partial charge >= 0.3 is 0 Å². The number of piperazine rings is 1. The largest absolute Gasteiger partial charge is 0.339 e. The summed E-state index contributed by atoms with van der Waals surface area (Å²) in [6.07, 6.45) is 4.71. The maximum atomic E-state index is 4.91. The lowest BCUT2D eigenvalue weighted by molar-refractivity contribution is 0.348. The molecule has 0 atom stereocenters. The van der Waals surface area contributed by atoms with Crippen LogP contribution in [0.1, 0.15) is 11.4 Å². The van der Waals surface area contributed by atoms with Crippen molar-refractivity contribution in [2.24, 2.45) is 4.99 Å². The van der Waals surface area contributed by atoms with Crippen LogP contribution < -0.4 is 5.32 Å². The summed E-state index contributed by atoms with van der Waals surface area (Å²) in [6, 6.07) is 8.34. The molecule has 0 unspecified atom stereocenters. The smallest absolute Gasteiger partial charge is 0.211 e. The fourth-order valence-electron chi connectivity index (χ4n) is 2.84. The summed E-state index contributed by atoms with van der Waals surface area (Å²) in [5.74, 6) is 2.07. The van der Waals surface area contributed by atoms with Crippen molar-refractivity contribution in [1.29, 1.82) is 0 Å². The van der Waals surface area contributed by atoms with Gasteiger partial charge in [0.1, 0.15) is 5.82 Å². The Kier molecular flexibility index (Phi) is 2.77. The van der Waals surface area contributed by atoms with Crippen LogP contribution in [0.2, 0.25) is 0 Å². The van der Waals surface area contributed by atoms with Crippen molar-refractivity contribution in [1.82, 2.24) is 19.8 Å². The second kappa shape index (κ2) is 4.76. The zero-order chi connectivity index (χ0) is 13.4. The fraction of sp³-hybridized carbons (Fsp3) is 0.333. The molecule has 4 rings (SSSR count). The van der Waals surface area contributed by atoms with Gasteiger partial charge in [0.25, 0.3) is 0 Å². The van der Waals surface area contributed by atoms with Crippen molar-refractivity contribution in [3.05, 3.63) is 48.0 Å². The molecule has 1 fully saturated rings. The molecule has 3 heterocycles. The van der Waals surface area contributed by atoms with Gasteiger partial charge in [-0.2, -0.15) is 0 Å². The fourth-order valence-corrected chi connectivity index (χ4v) is 2.84. The van der Waals surface area contributed by atoms with Crippen LogP contribution >= 0.6 is 0 Å². The lowest BCUT2D eigenvalue weighted by atomic mass is 10.1. The molecule has 1 aromatic carbocycles. The number of nitrogens with zero attached hydrogens (tertiary/aromatic N) is 4. The molecule has 0 saturated carbocycles. The third-order valence-electron chi connectivity index (χ3n) is 3.89. The van der Waals surface area contributed by atoms with E-state index < -0.39 is 0 Å². The molecule has 5 nitrogen and oxygen atoms in total. The standard InChI is InChI=1S/C15H17N5/c1-2-4-13-12(3-1)11-14-17-7-10-20(14)15(18-13)19-8-5-16-6-9-19/h1-4,7,10,16H,5-6,8-9,11H2. The SMILES string of the molecule is c1ccc2c(c1)Cc1nccn1C(N1CCNCC1)=N2. The van der Waals surface area contributed by atoms with Gasteiger partial charge in [0, 0.05) is 45.0 Å². The van der Waals surface area contributed by atoms with Gasteiger partial charge in [-0.3, -0.25) is 4.57 Å². The van der Waals surface area contributed by atoms with Crippen molar-refractivity contribution in [3.8, 4) is 0 Å². The van der Waals surface area contributed by atoms with Gasteiger partial charge in [0.15, 0.2) is 0 Å². The lowest BCUT2D eigenvalue weighted by Gasteiger charge is -2.30. The van der Waals surface area contributed by atoms with Crippen molar-refractivity contribution in [3.63, 3.8) is 0 Å². The third-order valence-corrected chi connectivity index (χ3v) is 3.89. The van der Waals surface area contributed by atoms with Crippen LogP contribution in [0.5, 0.6) is 0 Å². The first-order valence-corrected chi connectivity index (χ1v) is 7.07. The minimum absolute atomic E-state index is 0.836. The number of imidazole rings is 1. The van der Waals surface area contributed by atoms with E-state index in [-0.39, 0.29) is 0 Å². The van der Waals surface area contributed by atoms with Crippen molar-refractivity contribution < 1.29 is 0 Å². The Morgan fingerprint density at radius 2 is 1.95 bits per heavy atom. The van der Waals surface area contributed by atoms with Gasteiger partial charge in [0.2, 0.25) is 5.96 Å². The average Bonchev–Trinajstić information content (AvgIpc) is 2.89. The van der Waals surface area contributed by atoms with E-state index in [0.29, 0.717) is 0 Å². The topological polar surface area (TPSA) is 45.5 Å². The minimum Gasteiger partial charge on any atom is -0.339 e. The van der Waals surface area contributed by atoms with Gasteiger partial charge in [-0.05, 0) is 11.6 Å². The van der Waals surface area contributed by atoms with Crippen molar-refractivity contribution in [2.45, 2.75) is 6.42 Å². The van der Waals surface area contributed by atoms with E-state index in [1.807, 2.05) is 18.5 Å². The summed E-state index contributed by atoms with van der Waals surface area (Å²) >= 11 is 0. The summed E-state index contributed by atoms with van der Waals surface area (Å²) in [5.41, 5.74) is 2.30. The highest BCUT2D eigenvalue weighted by Crippen LogP contribution is 2.25. The first-order valence-electron chi connectivity index (χ1n) is 7.07. The number of hydrogen-bond donors (Lipinski definition) is 1. The second-order valence-corrected chi connectivity index (χ2v) is 5.17. The number of nitrogens with one attached hydrogen (secondary N) is 1. The Morgan fingerprint density at radius 1 is 1.10 bits per heavy atom. The van der Waals surface area contributed by atoms with E-state index in [4.69, 9.17) is 4.99 Å². The Hall–Kier alpha value is -2.14. The van der Waals surface area contributed by atoms with E-state index in [1.54, 1.807) is 0 Å². The number of aliphatic imine (C=N–C) groups is 1. The molecule has 0 spiro atoms. The molecule has 5 heteroatoms. The van der Waals surface area contributed by atoms with Crippen LogP contribution in [-0.2, 0) is 6.42 Å². The van der Waals surface area contributed by atoms with E-state index >= 15 is 0 Å². The quantitative estimate of drug-likeness (QED) is 0.781. The van der Waals surface area contributed by atoms with E-state index in [9.17, 15) is 0 Å². The highest BCUT2D eigenvalue weighted by molar-refractivity contribution is 5.87. The van der Waals surface area contributed by atoms with Gasteiger partial charge in [-0.25, -0.2) is 9.98 Å². The lowest BCUT2D eigenvalue weighted by Crippen LogP contribution is -2.48. The maximum absolute atomic E-state index is 4.91. The Balaban J connectivity index is 1.84. The van der Waals surface area contributed by atoms with Gasteiger partial charge in [-0.1, -0.05) is 18.2 Å². The van der Waals surface area contributed by atoms with E-state index in [1.165, 1.54) is 5.56 Å². The molecule has 0 bridgehead atoms. The molecule has 2 aliphatic rings. The Bertz CT molecular complexity index is 652. The Morgan fingerprint density at radius 3 is 2.85 bits per heavy atom. The molecule has 1 N–H and O–H groups in total. The molecular formula is C15H17N5. The van der Waals surface area contributed by atoms with Gasteiger partial charge in [0.05, 0.1) is 5.69 Å². The van der Waals surface area contributed by atoms with Crippen LogP contribution in [-0.4, -0.2) is 46.6 Å². The molecule has 0 amide bonds. The number of hydrogen-bond acceptors (Lipinski definition) is 4. The number of fused-ring (bicyclic) bond motifs is 2. The van der Waals surface area contributed by atoms with Crippen LogP contribution in [0, 0.1) is 0 Å². The number of aromatic nitrogens is 2. The molecule has 2 aliphatic heterocycles. The molecule has 1 saturated heterocycles. The first kappa shape index (κ1) is 11.7. The van der Waals surface area contributed by atoms with E-state index in [0.717, 1.165) is 50.1 Å². The number of para-hydroxylation sites is 1. The maximum Gasteiger partial charge on any atom is 0.211 e. The monoisotopic (exact) mass is 267 g/mol. The Labute approximate surface area is 118 Å². The summed E-state index contributed by atoms with van der Waals surface area (Å²) < 4.78 is 2.13. The zero-order valence-electron chi connectivity index (χ0n) is 11.3. The van der Waals surface area contributed by atoms with Gasteiger partial charge < -0.3 is 10.2 Å². The summed E-state index contributed by atoms with van der Waals surface area (Å²) in [5, 5.41) is 3.38. The highest BCUT2D eigenvalue weighted by Gasteiger charge is 2.22. The van der Waals surface area contributed by atoms with Crippen molar-refractivity contribution in [2.75, 3.05) is 26.2 Å². The molecule has 102 valence electrons. The first-order chi connectivity index (χ1) is 9.92. The van der Waals surface area contributed by atoms with E-state index in [2.05, 4.69) is 38.0 Å². The number of benzene rings is 1. The molecular weight excluding hydrogens is 250 g/mol. The highest BCUT2D eigenvalue weighted by atomic mass is 15.4. The van der Waals surface area contributed by atoms with Crippen molar-refractivity contribution >= 4 is 11.6 Å². The predicted molar refractivity (Wildman–Crippen MR) is 78.4 cm³/mol. The summed E-state index contributed by atoms with van der Waals surface area (Å²) in [4.78, 5) is 11.8. The minimum atomic E-state index is 0.836.